The summed E-state index contributed by atoms with van der Waals surface area (Å²) in [5.41, 5.74) is 4.27. The molecule has 6 heteroatoms. The molecule has 2 aliphatic rings. The zero-order valence-electron chi connectivity index (χ0n) is 17.4. The van der Waals surface area contributed by atoms with E-state index in [0.29, 0.717) is 11.6 Å². The summed E-state index contributed by atoms with van der Waals surface area (Å²) in [5.74, 6) is 1.53. The molecule has 4 rings (SSSR count). The number of fused-ring (bicyclic) bond motifs is 1. The van der Waals surface area contributed by atoms with Crippen molar-refractivity contribution < 1.29 is 4.79 Å². The van der Waals surface area contributed by atoms with Gasteiger partial charge in [-0.2, -0.15) is 0 Å². The van der Waals surface area contributed by atoms with Gasteiger partial charge in [-0.25, -0.2) is 9.97 Å². The first-order valence-corrected chi connectivity index (χ1v) is 10.5. The van der Waals surface area contributed by atoms with Crippen molar-refractivity contribution in [2.75, 3.05) is 19.6 Å². The highest BCUT2D eigenvalue weighted by atomic mass is 16.2. The second-order valence-corrected chi connectivity index (χ2v) is 8.47. The van der Waals surface area contributed by atoms with E-state index in [4.69, 9.17) is 4.98 Å². The second-order valence-electron chi connectivity index (χ2n) is 8.47. The molecule has 28 heavy (non-hydrogen) atoms. The molecule has 6 nitrogen and oxygen atoms in total. The number of amides is 1. The van der Waals surface area contributed by atoms with Gasteiger partial charge in [0.05, 0.1) is 18.4 Å². The van der Waals surface area contributed by atoms with Gasteiger partial charge in [0, 0.05) is 36.5 Å². The molecule has 152 valence electrons. The van der Waals surface area contributed by atoms with E-state index in [9.17, 15) is 4.79 Å². The van der Waals surface area contributed by atoms with E-state index < -0.39 is 0 Å². The van der Waals surface area contributed by atoms with Gasteiger partial charge < -0.3 is 15.2 Å². The average molecular weight is 384 g/mol. The first-order valence-electron chi connectivity index (χ1n) is 10.5. The van der Waals surface area contributed by atoms with Crippen LogP contribution in [-0.4, -0.2) is 45.4 Å². The van der Waals surface area contributed by atoms with E-state index in [1.165, 1.54) is 19.3 Å². The maximum absolute atomic E-state index is 12.3. The van der Waals surface area contributed by atoms with Crippen LogP contribution < -0.4 is 5.32 Å². The molecular weight excluding hydrogens is 350 g/mol. The summed E-state index contributed by atoms with van der Waals surface area (Å²) in [4.78, 5) is 26.5. The van der Waals surface area contributed by atoms with Crippen molar-refractivity contribution in [1.29, 1.82) is 0 Å². The minimum atomic E-state index is 0.139. The Bertz CT molecular complexity index is 813. The van der Waals surface area contributed by atoms with Crippen molar-refractivity contribution in [2.24, 2.45) is 5.92 Å². The fourth-order valence-electron chi connectivity index (χ4n) is 3.24. The molecule has 1 aliphatic heterocycles. The van der Waals surface area contributed by atoms with Crippen molar-refractivity contribution in [3.8, 4) is 0 Å². The van der Waals surface area contributed by atoms with Crippen LogP contribution in [-0.2, 0) is 4.79 Å². The maximum Gasteiger partial charge on any atom is 0.241 e. The largest absolute Gasteiger partial charge is 0.376 e. The number of carbonyl (C=O) groups excluding carboxylic acids is 1. The second kappa shape index (κ2) is 9.22. The van der Waals surface area contributed by atoms with Crippen LogP contribution in [0.5, 0.6) is 0 Å². The summed E-state index contributed by atoms with van der Waals surface area (Å²) >= 11 is 0. The first-order chi connectivity index (χ1) is 13.5. The average Bonchev–Trinajstić information content (AvgIpc) is 3.45. The Morgan fingerprint density at radius 1 is 1.29 bits per heavy atom. The van der Waals surface area contributed by atoms with Crippen LogP contribution in [0.1, 0.15) is 70.1 Å². The predicted octanol–water partition coefficient (Wildman–Crippen LogP) is 4.07. The summed E-state index contributed by atoms with van der Waals surface area (Å²) in [6, 6.07) is 0. The standard InChI is InChI=1S/C18H23N5O.C4H10/c1-12(19-11-16(24)23-7-3-2-4-8-23)14-9-20-18-17(14)22-15(10-21-18)13-5-6-13;1-4(2)3/h9-10,13,19H,1-8,11H2,(H,20,21);4H,1-3H3. The third-order valence-corrected chi connectivity index (χ3v) is 4.88. The van der Waals surface area contributed by atoms with Crippen LogP contribution in [0.2, 0.25) is 0 Å². The van der Waals surface area contributed by atoms with Gasteiger partial charge in [0.1, 0.15) is 5.52 Å². The Kier molecular flexibility index (Phi) is 6.70. The van der Waals surface area contributed by atoms with Crippen molar-refractivity contribution in [2.45, 2.75) is 58.8 Å². The topological polar surface area (TPSA) is 73.9 Å². The van der Waals surface area contributed by atoms with Gasteiger partial charge in [0.15, 0.2) is 5.65 Å². The molecule has 0 atom stereocenters. The summed E-state index contributed by atoms with van der Waals surface area (Å²) in [7, 11) is 0. The van der Waals surface area contributed by atoms with Crippen LogP contribution in [0.25, 0.3) is 16.9 Å². The minimum absolute atomic E-state index is 0.139. The third-order valence-electron chi connectivity index (χ3n) is 4.88. The fraction of sp³-hybridized carbons (Fsp3) is 0.591. The lowest BCUT2D eigenvalue weighted by Crippen LogP contribution is -2.40. The highest BCUT2D eigenvalue weighted by molar-refractivity contribution is 5.88. The summed E-state index contributed by atoms with van der Waals surface area (Å²) in [6.07, 6.45) is 9.55. The number of piperidine rings is 1. The SMILES string of the molecule is C=C(NCC(=O)N1CCCCC1)c1c[nH]c2ncc(C3CC3)nc12.CC(C)C. The van der Waals surface area contributed by atoms with Gasteiger partial charge in [-0.05, 0) is 38.0 Å². The van der Waals surface area contributed by atoms with Gasteiger partial charge in [0.25, 0.3) is 0 Å². The molecule has 1 saturated carbocycles. The quantitative estimate of drug-likeness (QED) is 0.816. The fourth-order valence-corrected chi connectivity index (χ4v) is 3.24. The smallest absolute Gasteiger partial charge is 0.241 e. The van der Waals surface area contributed by atoms with E-state index in [-0.39, 0.29) is 12.5 Å². The van der Waals surface area contributed by atoms with E-state index >= 15 is 0 Å². The van der Waals surface area contributed by atoms with Crippen LogP contribution in [0.3, 0.4) is 0 Å². The van der Waals surface area contributed by atoms with Crippen LogP contribution in [0.4, 0.5) is 0 Å². The zero-order chi connectivity index (χ0) is 20.1. The van der Waals surface area contributed by atoms with Gasteiger partial charge in [-0.3, -0.25) is 4.79 Å². The lowest BCUT2D eigenvalue weighted by molar-refractivity contribution is -0.130. The molecule has 3 heterocycles. The number of aromatic amines is 1. The Balaban J connectivity index is 0.000000516. The molecule has 1 saturated heterocycles. The van der Waals surface area contributed by atoms with Crippen molar-refractivity contribution in [3.63, 3.8) is 0 Å². The molecule has 1 amide bonds. The number of likely N-dealkylation sites (tertiary alicyclic amines) is 1. The van der Waals surface area contributed by atoms with Crippen molar-refractivity contribution in [1.82, 2.24) is 25.2 Å². The van der Waals surface area contributed by atoms with E-state index in [0.717, 1.165) is 54.3 Å². The van der Waals surface area contributed by atoms with Gasteiger partial charge >= 0.3 is 0 Å². The number of nitrogens with zero attached hydrogens (tertiary/aromatic N) is 3. The number of carbonyl (C=O) groups is 1. The third kappa shape index (κ3) is 5.33. The number of hydrogen-bond donors (Lipinski definition) is 2. The maximum atomic E-state index is 12.3. The molecule has 0 radical (unpaired) electrons. The van der Waals surface area contributed by atoms with E-state index in [1.54, 1.807) is 0 Å². The van der Waals surface area contributed by atoms with E-state index in [2.05, 4.69) is 42.6 Å². The monoisotopic (exact) mass is 383 g/mol. The van der Waals surface area contributed by atoms with Crippen molar-refractivity contribution in [3.05, 3.63) is 30.2 Å². The number of aromatic nitrogens is 3. The molecule has 2 fully saturated rings. The molecule has 0 spiro atoms. The Hall–Kier alpha value is -2.37. The number of H-pyrrole nitrogens is 1. The van der Waals surface area contributed by atoms with Crippen LogP contribution in [0.15, 0.2) is 19.0 Å². The molecule has 2 aromatic heterocycles. The molecule has 0 aromatic carbocycles. The van der Waals surface area contributed by atoms with Gasteiger partial charge in [-0.1, -0.05) is 27.4 Å². The molecule has 0 bridgehead atoms. The molecule has 1 aliphatic carbocycles. The summed E-state index contributed by atoms with van der Waals surface area (Å²) < 4.78 is 0. The Labute approximate surface area is 167 Å². The number of rotatable bonds is 5. The van der Waals surface area contributed by atoms with Crippen LogP contribution >= 0.6 is 0 Å². The first kappa shape index (κ1) is 20.4. The summed E-state index contributed by atoms with van der Waals surface area (Å²) in [6.45, 7) is 12.6. The molecule has 2 N–H and O–H groups in total. The molecule has 0 unspecified atom stereocenters. The highest BCUT2D eigenvalue weighted by Crippen LogP contribution is 2.39. The number of hydrogen-bond acceptors (Lipinski definition) is 4. The summed E-state index contributed by atoms with van der Waals surface area (Å²) in [5, 5.41) is 3.17. The van der Waals surface area contributed by atoms with Crippen LogP contribution in [0, 0.1) is 5.92 Å². The molecular formula is C22H33N5O. The van der Waals surface area contributed by atoms with Gasteiger partial charge in [0.2, 0.25) is 5.91 Å². The molecule has 2 aromatic rings. The normalized spacial score (nSPS) is 16.6. The predicted molar refractivity (Wildman–Crippen MR) is 114 cm³/mol. The zero-order valence-corrected chi connectivity index (χ0v) is 17.4. The number of nitrogens with one attached hydrogen (secondary N) is 2. The Morgan fingerprint density at radius 2 is 1.96 bits per heavy atom. The lowest BCUT2D eigenvalue weighted by atomic mass is 10.1. The van der Waals surface area contributed by atoms with Crippen molar-refractivity contribution >= 4 is 22.8 Å². The Morgan fingerprint density at radius 3 is 2.61 bits per heavy atom. The minimum Gasteiger partial charge on any atom is -0.376 e. The highest BCUT2D eigenvalue weighted by Gasteiger charge is 2.26. The van der Waals surface area contributed by atoms with Gasteiger partial charge in [-0.15, -0.1) is 0 Å². The lowest BCUT2D eigenvalue weighted by Gasteiger charge is -2.27. The van der Waals surface area contributed by atoms with E-state index in [1.807, 2.05) is 17.3 Å².